The third-order valence-corrected chi connectivity index (χ3v) is 4.09. The van der Waals surface area contributed by atoms with E-state index < -0.39 is 0 Å². The van der Waals surface area contributed by atoms with Gasteiger partial charge in [-0.25, -0.2) is 4.39 Å². The number of hydrogen-bond donors (Lipinski definition) is 1. The summed E-state index contributed by atoms with van der Waals surface area (Å²) in [5.74, 6) is -0.0958. The second-order valence-corrected chi connectivity index (χ2v) is 5.31. The molecule has 0 aromatic heterocycles. The van der Waals surface area contributed by atoms with Gasteiger partial charge in [0.15, 0.2) is 0 Å². The molecule has 2 atom stereocenters. The first kappa shape index (κ1) is 13.5. The van der Waals surface area contributed by atoms with Crippen molar-refractivity contribution in [1.82, 2.24) is 10.2 Å². The van der Waals surface area contributed by atoms with E-state index in [1.807, 2.05) is 26.1 Å². The number of likely N-dealkylation sites (N-methyl/N-ethyl adjacent to an activating group) is 1. The van der Waals surface area contributed by atoms with Crippen LogP contribution in [0.25, 0.3) is 0 Å². The monoisotopic (exact) mass is 250 g/mol. The number of likely N-dealkylation sites (tertiary alicyclic amines) is 1. The first-order valence-electron chi connectivity index (χ1n) is 6.79. The summed E-state index contributed by atoms with van der Waals surface area (Å²) in [7, 11) is 2.02. The Balaban J connectivity index is 2.10. The number of nitrogens with one attached hydrogen (secondary N) is 1. The molecule has 1 aliphatic rings. The van der Waals surface area contributed by atoms with Crippen molar-refractivity contribution in [2.45, 2.75) is 38.8 Å². The van der Waals surface area contributed by atoms with Crippen molar-refractivity contribution in [3.63, 3.8) is 0 Å². The zero-order valence-electron chi connectivity index (χ0n) is 11.5. The molecule has 1 aliphatic heterocycles. The molecule has 1 N–H and O–H groups in total. The Kier molecular flexibility index (Phi) is 4.36. The molecular formula is C15H23FN2. The number of rotatable bonds is 3. The van der Waals surface area contributed by atoms with Crippen LogP contribution in [-0.4, -0.2) is 31.1 Å². The number of nitrogens with zero attached hydrogens (tertiary/aromatic N) is 1. The van der Waals surface area contributed by atoms with Crippen LogP contribution in [0.4, 0.5) is 4.39 Å². The zero-order valence-corrected chi connectivity index (χ0v) is 11.5. The molecule has 0 spiro atoms. The molecule has 18 heavy (non-hydrogen) atoms. The van der Waals surface area contributed by atoms with Crippen LogP contribution < -0.4 is 5.32 Å². The largest absolute Gasteiger partial charge is 0.316 e. The summed E-state index contributed by atoms with van der Waals surface area (Å²) >= 11 is 0. The van der Waals surface area contributed by atoms with Crippen LogP contribution >= 0.6 is 0 Å². The predicted molar refractivity (Wildman–Crippen MR) is 73.2 cm³/mol. The van der Waals surface area contributed by atoms with Crippen LogP contribution in [0.1, 0.15) is 36.9 Å². The smallest absolute Gasteiger partial charge is 0.126 e. The maximum Gasteiger partial charge on any atom is 0.126 e. The summed E-state index contributed by atoms with van der Waals surface area (Å²) in [4.78, 5) is 2.44. The molecule has 1 fully saturated rings. The van der Waals surface area contributed by atoms with Gasteiger partial charge in [-0.05, 0) is 57.5 Å². The summed E-state index contributed by atoms with van der Waals surface area (Å²) in [6, 6.07) is 6.46. The Hall–Kier alpha value is -0.930. The topological polar surface area (TPSA) is 15.3 Å². The highest BCUT2D eigenvalue weighted by Gasteiger charge is 2.23. The molecular weight excluding hydrogens is 227 g/mol. The van der Waals surface area contributed by atoms with Crippen LogP contribution in [0.2, 0.25) is 0 Å². The third kappa shape index (κ3) is 2.90. The lowest BCUT2D eigenvalue weighted by atomic mass is 9.99. The quantitative estimate of drug-likeness (QED) is 0.887. The lowest BCUT2D eigenvalue weighted by molar-refractivity contribution is 0.149. The Morgan fingerprint density at radius 2 is 2.22 bits per heavy atom. The van der Waals surface area contributed by atoms with E-state index in [4.69, 9.17) is 0 Å². The van der Waals surface area contributed by atoms with Crippen LogP contribution in [0.15, 0.2) is 18.2 Å². The Morgan fingerprint density at radius 1 is 1.44 bits per heavy atom. The third-order valence-electron chi connectivity index (χ3n) is 4.09. The van der Waals surface area contributed by atoms with Crippen LogP contribution in [0.5, 0.6) is 0 Å². The minimum atomic E-state index is -0.0958. The number of hydrogen-bond acceptors (Lipinski definition) is 2. The van der Waals surface area contributed by atoms with Gasteiger partial charge in [0.2, 0.25) is 0 Å². The standard InChI is InChI=1S/C15H23FN2/c1-11-6-7-13(9-15(11)16)12(2)18-8-4-5-14(10-18)17-3/h6-7,9,12,14,17H,4-5,8,10H2,1-3H3. The zero-order chi connectivity index (χ0) is 13.1. The molecule has 0 bridgehead atoms. The maximum atomic E-state index is 13.6. The summed E-state index contributed by atoms with van der Waals surface area (Å²) in [5.41, 5.74) is 1.80. The van der Waals surface area contributed by atoms with Crippen molar-refractivity contribution in [3.05, 3.63) is 35.1 Å². The first-order valence-corrected chi connectivity index (χ1v) is 6.79. The Morgan fingerprint density at radius 3 is 2.89 bits per heavy atom. The van der Waals surface area contributed by atoms with Gasteiger partial charge in [-0.1, -0.05) is 12.1 Å². The summed E-state index contributed by atoms with van der Waals surface area (Å²) in [6.07, 6.45) is 2.45. The van der Waals surface area contributed by atoms with Crippen molar-refractivity contribution in [2.75, 3.05) is 20.1 Å². The summed E-state index contributed by atoms with van der Waals surface area (Å²) < 4.78 is 13.6. The average molecular weight is 250 g/mol. The molecule has 2 rings (SSSR count). The Labute approximate surface area is 109 Å². The van der Waals surface area contributed by atoms with E-state index in [-0.39, 0.29) is 11.9 Å². The lowest BCUT2D eigenvalue weighted by Gasteiger charge is -2.37. The fourth-order valence-electron chi connectivity index (χ4n) is 2.67. The molecule has 0 amide bonds. The van der Waals surface area contributed by atoms with Crippen LogP contribution in [-0.2, 0) is 0 Å². The SMILES string of the molecule is CNC1CCCN(C(C)c2ccc(C)c(F)c2)C1. The molecule has 0 aliphatic carbocycles. The molecule has 1 aromatic rings. The van der Waals surface area contributed by atoms with E-state index in [0.29, 0.717) is 6.04 Å². The van der Waals surface area contributed by atoms with E-state index in [9.17, 15) is 4.39 Å². The maximum absolute atomic E-state index is 13.6. The first-order chi connectivity index (χ1) is 8.61. The molecule has 1 aromatic carbocycles. The predicted octanol–water partition coefficient (Wildman–Crippen LogP) is 2.88. The highest BCUT2D eigenvalue weighted by Crippen LogP contribution is 2.25. The van der Waals surface area contributed by atoms with Crippen molar-refractivity contribution in [2.24, 2.45) is 0 Å². The van der Waals surface area contributed by atoms with Gasteiger partial charge < -0.3 is 5.32 Å². The molecule has 2 unspecified atom stereocenters. The molecule has 0 radical (unpaired) electrons. The highest BCUT2D eigenvalue weighted by atomic mass is 19.1. The highest BCUT2D eigenvalue weighted by molar-refractivity contribution is 5.25. The van der Waals surface area contributed by atoms with Gasteiger partial charge in [0, 0.05) is 18.6 Å². The average Bonchev–Trinajstić information content (AvgIpc) is 2.41. The molecule has 100 valence electrons. The number of benzene rings is 1. The molecule has 2 nitrogen and oxygen atoms in total. The summed E-state index contributed by atoms with van der Waals surface area (Å²) in [6.45, 7) is 6.13. The van der Waals surface area contributed by atoms with Gasteiger partial charge in [-0.3, -0.25) is 4.90 Å². The molecule has 3 heteroatoms. The van der Waals surface area contributed by atoms with Crippen LogP contribution in [0.3, 0.4) is 0 Å². The number of halogens is 1. The normalized spacial score (nSPS) is 23.0. The molecule has 1 heterocycles. The van der Waals surface area contributed by atoms with Crippen molar-refractivity contribution < 1.29 is 4.39 Å². The van der Waals surface area contributed by atoms with Gasteiger partial charge in [0.25, 0.3) is 0 Å². The fraction of sp³-hybridized carbons (Fsp3) is 0.600. The second-order valence-electron chi connectivity index (χ2n) is 5.31. The van der Waals surface area contributed by atoms with E-state index in [2.05, 4.69) is 17.1 Å². The van der Waals surface area contributed by atoms with Gasteiger partial charge in [-0.15, -0.1) is 0 Å². The molecule has 0 saturated carbocycles. The van der Waals surface area contributed by atoms with Crippen molar-refractivity contribution in [1.29, 1.82) is 0 Å². The van der Waals surface area contributed by atoms with Gasteiger partial charge in [0.1, 0.15) is 5.82 Å². The van der Waals surface area contributed by atoms with Gasteiger partial charge in [-0.2, -0.15) is 0 Å². The van der Waals surface area contributed by atoms with Crippen molar-refractivity contribution in [3.8, 4) is 0 Å². The number of piperidine rings is 1. The van der Waals surface area contributed by atoms with Gasteiger partial charge >= 0.3 is 0 Å². The van der Waals surface area contributed by atoms with Crippen molar-refractivity contribution >= 4 is 0 Å². The van der Waals surface area contributed by atoms with E-state index in [1.54, 1.807) is 6.07 Å². The number of aryl methyl sites for hydroxylation is 1. The fourth-order valence-corrected chi connectivity index (χ4v) is 2.67. The minimum absolute atomic E-state index is 0.0958. The van der Waals surface area contributed by atoms with E-state index in [0.717, 1.165) is 24.2 Å². The van der Waals surface area contributed by atoms with Crippen LogP contribution in [0, 0.1) is 12.7 Å². The summed E-state index contributed by atoms with van der Waals surface area (Å²) in [5, 5.41) is 3.34. The van der Waals surface area contributed by atoms with E-state index >= 15 is 0 Å². The van der Waals surface area contributed by atoms with Gasteiger partial charge in [0.05, 0.1) is 0 Å². The second kappa shape index (κ2) is 5.81. The Bertz CT molecular complexity index is 405. The molecule has 1 saturated heterocycles. The van der Waals surface area contributed by atoms with E-state index in [1.165, 1.54) is 12.8 Å². The lowest BCUT2D eigenvalue weighted by Crippen LogP contribution is -2.45. The minimum Gasteiger partial charge on any atom is -0.316 e.